The standard InChI is InChI=1S/C23H24N2O5S2/c1-4-15(2)16-5-8-19(9-6-16)29-11-12-30-20-10-7-18(25(27)28)13-17(20)14-21-22(26)24(3)23(31)32-21/h5-10,13-15H,4,11-12H2,1-3H3/b21-14-/t15-/m0/s1. The second kappa shape index (κ2) is 10.6. The van der Waals surface area contributed by atoms with Gasteiger partial charge in [-0.25, -0.2) is 0 Å². The van der Waals surface area contributed by atoms with Crippen LogP contribution in [0.1, 0.15) is 37.3 Å². The van der Waals surface area contributed by atoms with Gasteiger partial charge in [0.15, 0.2) is 0 Å². The molecule has 1 aliphatic rings. The average Bonchev–Trinajstić information content (AvgIpc) is 3.03. The molecule has 1 saturated heterocycles. The third kappa shape index (κ3) is 5.66. The molecule has 0 unspecified atom stereocenters. The molecule has 1 fully saturated rings. The number of rotatable bonds is 9. The fraction of sp³-hybridized carbons (Fsp3) is 0.304. The number of hydrogen-bond acceptors (Lipinski definition) is 7. The van der Waals surface area contributed by atoms with Gasteiger partial charge >= 0.3 is 0 Å². The minimum atomic E-state index is -0.488. The van der Waals surface area contributed by atoms with Crippen molar-refractivity contribution in [3.8, 4) is 11.5 Å². The molecule has 0 aliphatic carbocycles. The van der Waals surface area contributed by atoms with E-state index in [-0.39, 0.29) is 18.2 Å². The van der Waals surface area contributed by atoms with Crippen LogP contribution in [0.3, 0.4) is 0 Å². The molecule has 2 aromatic carbocycles. The number of thioether (sulfide) groups is 1. The molecule has 0 radical (unpaired) electrons. The molecule has 0 N–H and O–H groups in total. The Morgan fingerprint density at radius 2 is 1.88 bits per heavy atom. The molecule has 1 atom stereocenters. The second-order valence-electron chi connectivity index (χ2n) is 7.30. The van der Waals surface area contributed by atoms with Crippen molar-refractivity contribution in [3.05, 3.63) is 68.6 Å². The largest absolute Gasteiger partial charge is 0.490 e. The summed E-state index contributed by atoms with van der Waals surface area (Å²) in [7, 11) is 1.59. The van der Waals surface area contributed by atoms with E-state index >= 15 is 0 Å². The topological polar surface area (TPSA) is 81.9 Å². The Labute approximate surface area is 196 Å². The van der Waals surface area contributed by atoms with Crippen LogP contribution in [0.5, 0.6) is 11.5 Å². The highest BCUT2D eigenvalue weighted by molar-refractivity contribution is 8.26. The van der Waals surface area contributed by atoms with E-state index in [4.69, 9.17) is 21.7 Å². The van der Waals surface area contributed by atoms with E-state index in [2.05, 4.69) is 26.0 Å². The van der Waals surface area contributed by atoms with Crippen LogP contribution in [0, 0.1) is 10.1 Å². The van der Waals surface area contributed by atoms with Gasteiger partial charge in [0.1, 0.15) is 29.0 Å². The van der Waals surface area contributed by atoms with Crippen molar-refractivity contribution in [1.29, 1.82) is 0 Å². The Bertz CT molecular complexity index is 1050. The number of amides is 1. The number of nitrogens with zero attached hydrogens (tertiary/aromatic N) is 2. The molecule has 32 heavy (non-hydrogen) atoms. The SMILES string of the molecule is CC[C@H](C)c1ccc(OCCOc2ccc([N+](=O)[O-])cc2/C=C2\SC(=S)N(C)C2=O)cc1. The molecule has 2 aromatic rings. The van der Waals surface area contributed by atoms with Gasteiger partial charge < -0.3 is 9.47 Å². The first kappa shape index (κ1) is 23.7. The van der Waals surface area contributed by atoms with Crippen molar-refractivity contribution in [2.75, 3.05) is 20.3 Å². The summed E-state index contributed by atoms with van der Waals surface area (Å²) in [5, 5.41) is 11.2. The lowest BCUT2D eigenvalue weighted by molar-refractivity contribution is -0.384. The minimum absolute atomic E-state index is 0.0896. The van der Waals surface area contributed by atoms with Crippen LogP contribution in [0.2, 0.25) is 0 Å². The maximum atomic E-state index is 12.3. The molecule has 9 heteroatoms. The number of carbonyl (C=O) groups excluding carboxylic acids is 1. The molecule has 0 bridgehead atoms. The molecular weight excluding hydrogens is 448 g/mol. The number of non-ortho nitro benzene ring substituents is 1. The number of nitro groups is 1. The summed E-state index contributed by atoms with van der Waals surface area (Å²) in [4.78, 5) is 24.8. The highest BCUT2D eigenvalue weighted by atomic mass is 32.2. The number of benzene rings is 2. The summed E-state index contributed by atoms with van der Waals surface area (Å²) in [6, 6.07) is 12.3. The molecule has 1 aliphatic heterocycles. The van der Waals surface area contributed by atoms with Crippen LogP contribution in [0.4, 0.5) is 5.69 Å². The van der Waals surface area contributed by atoms with Crippen LogP contribution in [0.25, 0.3) is 6.08 Å². The van der Waals surface area contributed by atoms with Gasteiger partial charge in [0.05, 0.1) is 9.83 Å². The van der Waals surface area contributed by atoms with Gasteiger partial charge in [-0.05, 0) is 42.2 Å². The summed E-state index contributed by atoms with van der Waals surface area (Å²) < 4.78 is 12.0. The van der Waals surface area contributed by atoms with Crippen LogP contribution in [-0.4, -0.2) is 40.3 Å². The molecule has 3 rings (SSSR count). The zero-order valence-corrected chi connectivity index (χ0v) is 19.7. The molecule has 0 spiro atoms. The van der Waals surface area contributed by atoms with Crippen LogP contribution >= 0.6 is 24.0 Å². The van der Waals surface area contributed by atoms with Crippen molar-refractivity contribution >= 4 is 46.0 Å². The first-order valence-electron chi connectivity index (χ1n) is 10.2. The lowest BCUT2D eigenvalue weighted by Gasteiger charge is -2.12. The Balaban J connectivity index is 1.68. The van der Waals surface area contributed by atoms with E-state index in [1.165, 1.54) is 28.7 Å². The van der Waals surface area contributed by atoms with E-state index in [9.17, 15) is 14.9 Å². The first-order chi connectivity index (χ1) is 15.3. The molecule has 1 heterocycles. The van der Waals surface area contributed by atoms with Crippen LogP contribution < -0.4 is 9.47 Å². The average molecular weight is 473 g/mol. The summed E-state index contributed by atoms with van der Waals surface area (Å²) >= 11 is 6.29. The van der Waals surface area contributed by atoms with E-state index < -0.39 is 4.92 Å². The summed E-state index contributed by atoms with van der Waals surface area (Å²) in [6.45, 7) is 4.88. The van der Waals surface area contributed by atoms with Crippen LogP contribution in [0.15, 0.2) is 47.4 Å². The Hall–Kier alpha value is -2.91. The van der Waals surface area contributed by atoms with Gasteiger partial charge in [-0.2, -0.15) is 0 Å². The van der Waals surface area contributed by atoms with Crippen molar-refractivity contribution in [1.82, 2.24) is 4.90 Å². The van der Waals surface area contributed by atoms with Crippen LogP contribution in [-0.2, 0) is 4.79 Å². The number of carbonyl (C=O) groups is 1. The number of nitro benzene ring substituents is 1. The predicted molar refractivity (Wildman–Crippen MR) is 130 cm³/mol. The van der Waals surface area contributed by atoms with E-state index in [1.807, 2.05) is 12.1 Å². The molecule has 1 amide bonds. The Morgan fingerprint density at radius 3 is 2.47 bits per heavy atom. The van der Waals surface area contributed by atoms with Gasteiger partial charge in [-0.1, -0.05) is 50.0 Å². The van der Waals surface area contributed by atoms with Crippen molar-refractivity contribution in [3.63, 3.8) is 0 Å². The smallest absolute Gasteiger partial charge is 0.270 e. The third-order valence-electron chi connectivity index (χ3n) is 5.15. The second-order valence-corrected chi connectivity index (χ2v) is 8.97. The fourth-order valence-electron chi connectivity index (χ4n) is 3.02. The molecular formula is C23H24N2O5S2. The molecule has 7 nitrogen and oxygen atoms in total. The summed E-state index contributed by atoms with van der Waals surface area (Å²) in [6.07, 6.45) is 2.65. The molecule has 0 aromatic heterocycles. The highest BCUT2D eigenvalue weighted by Crippen LogP contribution is 2.34. The number of thiocarbonyl (C=S) groups is 1. The number of ether oxygens (including phenoxy) is 2. The van der Waals surface area contributed by atoms with Gasteiger partial charge in [0.2, 0.25) is 0 Å². The Kier molecular flexibility index (Phi) is 7.87. The maximum Gasteiger partial charge on any atom is 0.270 e. The minimum Gasteiger partial charge on any atom is -0.490 e. The van der Waals surface area contributed by atoms with Gasteiger partial charge in [-0.15, -0.1) is 0 Å². The normalized spacial score (nSPS) is 15.8. The Morgan fingerprint density at radius 1 is 1.19 bits per heavy atom. The molecule has 168 valence electrons. The monoisotopic (exact) mass is 472 g/mol. The van der Waals surface area contributed by atoms with E-state index in [1.54, 1.807) is 13.1 Å². The van der Waals surface area contributed by atoms with Crippen molar-refractivity contribution in [2.24, 2.45) is 0 Å². The summed E-state index contributed by atoms with van der Waals surface area (Å²) in [5.74, 6) is 1.42. The van der Waals surface area contributed by atoms with Gasteiger partial charge in [0.25, 0.3) is 11.6 Å². The van der Waals surface area contributed by atoms with Gasteiger partial charge in [0, 0.05) is 24.7 Å². The van der Waals surface area contributed by atoms with Gasteiger partial charge in [-0.3, -0.25) is 19.8 Å². The fourth-order valence-corrected chi connectivity index (χ4v) is 4.19. The van der Waals surface area contributed by atoms with Crippen molar-refractivity contribution < 1.29 is 19.2 Å². The van der Waals surface area contributed by atoms with E-state index in [0.717, 1.165) is 23.9 Å². The lowest BCUT2D eigenvalue weighted by Crippen LogP contribution is -2.22. The quantitative estimate of drug-likeness (QED) is 0.159. The number of likely N-dealkylation sites (N-methyl/N-ethyl adjacent to an activating group) is 1. The molecule has 0 saturated carbocycles. The first-order valence-corrected chi connectivity index (χ1v) is 11.4. The number of hydrogen-bond donors (Lipinski definition) is 0. The van der Waals surface area contributed by atoms with Crippen molar-refractivity contribution in [2.45, 2.75) is 26.2 Å². The predicted octanol–water partition coefficient (Wildman–Crippen LogP) is 5.40. The zero-order valence-electron chi connectivity index (χ0n) is 18.1. The van der Waals surface area contributed by atoms with E-state index in [0.29, 0.717) is 33.1 Å². The highest BCUT2D eigenvalue weighted by Gasteiger charge is 2.29. The maximum absolute atomic E-state index is 12.3. The lowest BCUT2D eigenvalue weighted by atomic mass is 9.99. The summed E-state index contributed by atoms with van der Waals surface area (Å²) in [5.41, 5.74) is 1.61. The third-order valence-corrected chi connectivity index (χ3v) is 6.63. The zero-order chi connectivity index (χ0) is 23.3.